The zero-order chi connectivity index (χ0) is 23.5. The molecule has 8 heteroatoms. The van der Waals surface area contributed by atoms with Crippen molar-refractivity contribution in [1.29, 1.82) is 0 Å². The van der Waals surface area contributed by atoms with Crippen LogP contribution in [0.25, 0.3) is 20.4 Å². The number of aromatic nitrogens is 3. The van der Waals surface area contributed by atoms with Crippen LogP contribution in [0.3, 0.4) is 0 Å². The van der Waals surface area contributed by atoms with Gasteiger partial charge in [-0.3, -0.25) is 14.2 Å². The SMILES string of the molecule is CCc1ccc(NC(=O)CSc2nc3c(sc4ncccc43)c(=O)n2Cc2ccccc2)cc1. The lowest BCUT2D eigenvalue weighted by Crippen LogP contribution is -2.24. The fourth-order valence-electron chi connectivity index (χ4n) is 3.71. The number of nitrogens with zero attached hydrogens (tertiary/aromatic N) is 3. The first kappa shape index (κ1) is 22.3. The number of amides is 1. The lowest BCUT2D eigenvalue weighted by atomic mass is 10.1. The van der Waals surface area contributed by atoms with E-state index in [4.69, 9.17) is 4.98 Å². The number of fused-ring (bicyclic) bond motifs is 3. The Morgan fingerprint density at radius 2 is 1.82 bits per heavy atom. The van der Waals surface area contributed by atoms with Crippen molar-refractivity contribution >= 4 is 55.1 Å². The van der Waals surface area contributed by atoms with Gasteiger partial charge in [0.1, 0.15) is 9.53 Å². The summed E-state index contributed by atoms with van der Waals surface area (Å²) in [6, 6.07) is 21.4. The van der Waals surface area contributed by atoms with Gasteiger partial charge in [-0.05, 0) is 41.8 Å². The minimum atomic E-state index is -0.147. The predicted octanol–water partition coefficient (Wildman–Crippen LogP) is 5.35. The van der Waals surface area contributed by atoms with Crippen molar-refractivity contribution in [2.45, 2.75) is 25.0 Å². The molecule has 0 aliphatic rings. The topological polar surface area (TPSA) is 76.9 Å². The Bertz CT molecular complexity index is 1530. The average molecular weight is 487 g/mol. The van der Waals surface area contributed by atoms with Crippen LogP contribution in [0.1, 0.15) is 18.1 Å². The van der Waals surface area contributed by atoms with Crippen LogP contribution in [0.5, 0.6) is 0 Å². The lowest BCUT2D eigenvalue weighted by molar-refractivity contribution is -0.113. The van der Waals surface area contributed by atoms with E-state index < -0.39 is 0 Å². The fraction of sp³-hybridized carbons (Fsp3) is 0.154. The van der Waals surface area contributed by atoms with Crippen LogP contribution in [0.2, 0.25) is 0 Å². The highest BCUT2D eigenvalue weighted by molar-refractivity contribution is 7.99. The number of carbonyl (C=O) groups is 1. The van der Waals surface area contributed by atoms with Gasteiger partial charge in [-0.1, -0.05) is 61.2 Å². The maximum atomic E-state index is 13.5. The summed E-state index contributed by atoms with van der Waals surface area (Å²) in [6.07, 6.45) is 2.66. The van der Waals surface area contributed by atoms with Crippen molar-refractivity contribution in [2.75, 3.05) is 11.1 Å². The molecule has 0 fully saturated rings. The van der Waals surface area contributed by atoms with Gasteiger partial charge in [0, 0.05) is 17.3 Å². The normalized spacial score (nSPS) is 11.2. The second-order valence-corrected chi connectivity index (χ2v) is 9.74. The number of benzene rings is 2. The number of hydrogen-bond donors (Lipinski definition) is 1. The van der Waals surface area contributed by atoms with Gasteiger partial charge in [0.05, 0.1) is 17.8 Å². The Morgan fingerprint density at radius 1 is 1.03 bits per heavy atom. The molecular weight excluding hydrogens is 464 g/mol. The van der Waals surface area contributed by atoms with E-state index in [1.165, 1.54) is 28.7 Å². The van der Waals surface area contributed by atoms with Crippen LogP contribution in [0, 0.1) is 0 Å². The second-order valence-electron chi connectivity index (χ2n) is 7.79. The third kappa shape index (κ3) is 4.60. The Balaban J connectivity index is 1.47. The third-order valence-corrected chi connectivity index (χ3v) is 7.55. The van der Waals surface area contributed by atoms with E-state index in [2.05, 4.69) is 17.2 Å². The van der Waals surface area contributed by atoms with Crippen molar-refractivity contribution in [3.05, 3.63) is 94.4 Å². The van der Waals surface area contributed by atoms with Gasteiger partial charge in [0.25, 0.3) is 5.56 Å². The summed E-state index contributed by atoms with van der Waals surface area (Å²) in [7, 11) is 0. The standard InChI is InChI=1S/C26H22N4O2S2/c1-2-17-10-12-19(13-11-17)28-21(31)16-33-26-29-22-20-9-6-14-27-24(20)34-23(22)25(32)30(26)15-18-7-4-3-5-8-18/h3-14H,2,15-16H2,1H3,(H,28,31). The number of rotatable bonds is 7. The summed E-state index contributed by atoms with van der Waals surface area (Å²) in [5.74, 6) is -0.00512. The number of hydrogen-bond acceptors (Lipinski definition) is 6. The van der Waals surface area contributed by atoms with Crippen LogP contribution < -0.4 is 10.9 Å². The molecule has 0 aliphatic carbocycles. The smallest absolute Gasteiger partial charge is 0.272 e. The summed E-state index contributed by atoms with van der Waals surface area (Å²) >= 11 is 2.62. The molecule has 0 radical (unpaired) electrons. The number of aryl methyl sites for hydroxylation is 1. The molecule has 34 heavy (non-hydrogen) atoms. The number of thiophene rings is 1. The molecule has 0 aliphatic heterocycles. The predicted molar refractivity (Wildman–Crippen MR) is 140 cm³/mol. The van der Waals surface area contributed by atoms with Crippen LogP contribution in [0.15, 0.2) is 82.9 Å². The van der Waals surface area contributed by atoms with Gasteiger partial charge in [-0.2, -0.15) is 0 Å². The largest absolute Gasteiger partial charge is 0.325 e. The monoisotopic (exact) mass is 486 g/mol. The molecule has 3 aromatic heterocycles. The lowest BCUT2D eigenvalue weighted by Gasteiger charge is -2.12. The fourth-order valence-corrected chi connectivity index (χ4v) is 5.53. The summed E-state index contributed by atoms with van der Waals surface area (Å²) < 4.78 is 2.23. The molecular formula is C26H22N4O2S2. The maximum Gasteiger partial charge on any atom is 0.272 e. The molecule has 0 saturated carbocycles. The Kier molecular flexibility index (Phi) is 6.42. The average Bonchev–Trinajstić information content (AvgIpc) is 3.25. The first-order valence-corrected chi connectivity index (χ1v) is 12.8. The number of nitrogens with one attached hydrogen (secondary N) is 1. The molecule has 2 aromatic carbocycles. The molecule has 0 atom stereocenters. The molecule has 170 valence electrons. The van der Waals surface area contributed by atoms with E-state index in [1.54, 1.807) is 10.8 Å². The summed E-state index contributed by atoms with van der Waals surface area (Å²) in [5.41, 5.74) is 3.48. The summed E-state index contributed by atoms with van der Waals surface area (Å²) in [4.78, 5) is 36.2. The third-order valence-electron chi connectivity index (χ3n) is 5.48. The van der Waals surface area contributed by atoms with Crippen LogP contribution in [-0.4, -0.2) is 26.2 Å². The minimum absolute atomic E-state index is 0.116. The van der Waals surface area contributed by atoms with E-state index in [0.29, 0.717) is 21.9 Å². The van der Waals surface area contributed by atoms with Gasteiger partial charge < -0.3 is 5.32 Å². The van der Waals surface area contributed by atoms with Crippen LogP contribution in [0.4, 0.5) is 5.69 Å². The minimum Gasteiger partial charge on any atom is -0.325 e. The zero-order valence-electron chi connectivity index (χ0n) is 18.5. The molecule has 0 saturated heterocycles. The number of carbonyl (C=O) groups excluding carboxylic acids is 1. The molecule has 1 amide bonds. The van der Waals surface area contributed by atoms with E-state index >= 15 is 0 Å². The number of thioether (sulfide) groups is 1. The van der Waals surface area contributed by atoms with E-state index in [-0.39, 0.29) is 17.2 Å². The number of anilines is 1. The second kappa shape index (κ2) is 9.79. The molecule has 0 unspecified atom stereocenters. The molecule has 3 heterocycles. The molecule has 0 spiro atoms. The molecule has 5 rings (SSSR count). The van der Waals surface area contributed by atoms with Crippen molar-refractivity contribution in [3.63, 3.8) is 0 Å². The van der Waals surface area contributed by atoms with Crippen LogP contribution in [-0.2, 0) is 17.8 Å². The molecule has 5 aromatic rings. The highest BCUT2D eigenvalue weighted by atomic mass is 32.2. The van der Waals surface area contributed by atoms with Crippen LogP contribution >= 0.6 is 23.1 Å². The highest BCUT2D eigenvalue weighted by Gasteiger charge is 2.18. The first-order valence-electron chi connectivity index (χ1n) is 11.0. The van der Waals surface area contributed by atoms with Crippen molar-refractivity contribution in [3.8, 4) is 0 Å². The molecule has 1 N–H and O–H groups in total. The van der Waals surface area contributed by atoms with Crippen molar-refractivity contribution in [2.24, 2.45) is 0 Å². The van der Waals surface area contributed by atoms with Gasteiger partial charge in [0.2, 0.25) is 5.91 Å². The van der Waals surface area contributed by atoms with Crippen molar-refractivity contribution < 1.29 is 4.79 Å². The van der Waals surface area contributed by atoms with E-state index in [0.717, 1.165) is 27.9 Å². The Morgan fingerprint density at radius 3 is 2.59 bits per heavy atom. The summed E-state index contributed by atoms with van der Waals surface area (Å²) in [5, 5.41) is 4.30. The number of pyridine rings is 1. The molecule has 0 bridgehead atoms. The maximum absolute atomic E-state index is 13.5. The zero-order valence-corrected chi connectivity index (χ0v) is 20.2. The van der Waals surface area contributed by atoms with Gasteiger partial charge in [-0.25, -0.2) is 9.97 Å². The van der Waals surface area contributed by atoms with Gasteiger partial charge in [0.15, 0.2) is 5.16 Å². The van der Waals surface area contributed by atoms with E-state index in [9.17, 15) is 9.59 Å². The quantitative estimate of drug-likeness (QED) is 0.248. The van der Waals surface area contributed by atoms with Crippen molar-refractivity contribution in [1.82, 2.24) is 14.5 Å². The Labute approximate surface area is 204 Å². The molecule has 6 nitrogen and oxygen atoms in total. The van der Waals surface area contributed by atoms with Gasteiger partial charge >= 0.3 is 0 Å². The summed E-state index contributed by atoms with van der Waals surface area (Å²) in [6.45, 7) is 2.47. The van der Waals surface area contributed by atoms with Gasteiger partial charge in [-0.15, -0.1) is 11.3 Å². The Hall–Kier alpha value is -3.49. The van der Waals surface area contributed by atoms with E-state index in [1.807, 2.05) is 66.7 Å². The highest BCUT2D eigenvalue weighted by Crippen LogP contribution is 2.30. The first-order chi connectivity index (χ1) is 16.6.